The van der Waals surface area contributed by atoms with E-state index in [9.17, 15) is 14.7 Å². The van der Waals surface area contributed by atoms with Crippen LogP contribution in [0.5, 0.6) is 0 Å². The Morgan fingerprint density at radius 3 is 2.67 bits per heavy atom. The minimum atomic E-state index is -0.777. The summed E-state index contributed by atoms with van der Waals surface area (Å²) in [6.45, 7) is 2.98. The molecule has 1 aromatic heterocycles. The molecule has 7 nitrogen and oxygen atoms in total. The van der Waals surface area contributed by atoms with E-state index in [-0.39, 0.29) is 18.2 Å². The van der Waals surface area contributed by atoms with Crippen molar-refractivity contribution in [2.24, 2.45) is 5.41 Å². The molecule has 0 unspecified atom stereocenters. The first-order chi connectivity index (χ1) is 10.0. The molecule has 1 N–H and O–H groups in total. The fourth-order valence-corrected chi connectivity index (χ4v) is 2.64. The molecule has 0 aliphatic carbocycles. The maximum absolute atomic E-state index is 12.3. The van der Waals surface area contributed by atoms with E-state index in [4.69, 9.17) is 9.26 Å². The first-order valence-electron chi connectivity index (χ1n) is 6.99. The maximum atomic E-state index is 12.3. The van der Waals surface area contributed by atoms with Crippen LogP contribution < -0.4 is 0 Å². The van der Waals surface area contributed by atoms with Crippen LogP contribution in [0.1, 0.15) is 42.4 Å². The number of amides is 1. The summed E-state index contributed by atoms with van der Waals surface area (Å²) in [5, 5.41) is 13.1. The number of carbonyl (C=O) groups excluding carboxylic acids is 1. The van der Waals surface area contributed by atoms with Gasteiger partial charge in [0, 0.05) is 26.3 Å². The number of carbonyl (C=O) groups is 2. The van der Waals surface area contributed by atoms with Crippen LogP contribution in [-0.4, -0.2) is 47.2 Å². The van der Waals surface area contributed by atoms with Gasteiger partial charge in [-0.3, -0.25) is 9.59 Å². The number of nitrogens with zero attached hydrogens (tertiary/aromatic N) is 2. The van der Waals surface area contributed by atoms with Gasteiger partial charge < -0.3 is 19.3 Å². The Hall–Kier alpha value is -1.89. The molecule has 0 bridgehead atoms. The van der Waals surface area contributed by atoms with Gasteiger partial charge in [-0.25, -0.2) is 0 Å². The lowest BCUT2D eigenvalue weighted by Crippen LogP contribution is -2.46. The van der Waals surface area contributed by atoms with Crippen molar-refractivity contribution in [2.45, 2.75) is 32.8 Å². The molecule has 116 valence electrons. The van der Waals surface area contributed by atoms with Crippen LogP contribution in [0.2, 0.25) is 0 Å². The molecule has 1 fully saturated rings. The molecular formula is C14H20N2O5. The minimum absolute atomic E-state index is 0.226. The summed E-state index contributed by atoms with van der Waals surface area (Å²) in [5.41, 5.74) is -0.469. The number of hydrogen-bond donors (Lipinski definition) is 1. The first-order valence-corrected chi connectivity index (χ1v) is 6.99. The number of aromatic nitrogens is 1. The highest BCUT2D eigenvalue weighted by Crippen LogP contribution is 2.35. The zero-order valence-electron chi connectivity index (χ0n) is 12.3. The van der Waals surface area contributed by atoms with Gasteiger partial charge in [-0.2, -0.15) is 0 Å². The Morgan fingerprint density at radius 2 is 2.14 bits per heavy atom. The summed E-state index contributed by atoms with van der Waals surface area (Å²) >= 11 is 0. The summed E-state index contributed by atoms with van der Waals surface area (Å²) in [4.78, 5) is 25.3. The molecule has 2 heterocycles. The second kappa shape index (κ2) is 6.26. The molecule has 2 rings (SSSR count). The number of rotatable bonds is 5. The number of piperidine rings is 1. The van der Waals surface area contributed by atoms with Gasteiger partial charge in [-0.15, -0.1) is 0 Å². The zero-order chi connectivity index (χ0) is 15.5. The lowest BCUT2D eigenvalue weighted by atomic mass is 9.76. The van der Waals surface area contributed by atoms with Crippen LogP contribution in [0.25, 0.3) is 0 Å². The highest BCUT2D eigenvalue weighted by Gasteiger charge is 2.41. The largest absolute Gasteiger partial charge is 0.481 e. The SMILES string of the molecule is CCC1(C(=O)O)CCN(C(=O)c2cc(COC)on2)CC1. The normalized spacial score (nSPS) is 17.7. The summed E-state index contributed by atoms with van der Waals surface area (Å²) in [6, 6.07) is 1.56. The van der Waals surface area contributed by atoms with E-state index >= 15 is 0 Å². The Kier molecular flexibility index (Phi) is 4.62. The van der Waals surface area contributed by atoms with Crippen LogP contribution in [0.3, 0.4) is 0 Å². The minimum Gasteiger partial charge on any atom is -0.481 e. The van der Waals surface area contributed by atoms with E-state index < -0.39 is 11.4 Å². The standard InChI is InChI=1S/C14H20N2O5/c1-3-14(13(18)19)4-6-16(7-5-14)12(17)11-8-10(9-20-2)21-15-11/h8H,3-7,9H2,1-2H3,(H,18,19). The predicted molar refractivity (Wildman–Crippen MR) is 72.7 cm³/mol. The molecule has 7 heteroatoms. The predicted octanol–water partition coefficient (Wildman–Crippen LogP) is 1.54. The molecule has 1 aromatic rings. The summed E-state index contributed by atoms with van der Waals surface area (Å²) in [6.07, 6.45) is 1.51. The van der Waals surface area contributed by atoms with E-state index in [0.717, 1.165) is 0 Å². The lowest BCUT2D eigenvalue weighted by Gasteiger charge is -2.37. The Bertz CT molecular complexity index is 517. The topological polar surface area (TPSA) is 92.9 Å². The third kappa shape index (κ3) is 3.07. The van der Waals surface area contributed by atoms with Crippen LogP contribution in [0.15, 0.2) is 10.6 Å². The fraction of sp³-hybridized carbons (Fsp3) is 0.643. The van der Waals surface area contributed by atoms with Crippen molar-refractivity contribution >= 4 is 11.9 Å². The van der Waals surface area contributed by atoms with E-state index in [0.29, 0.717) is 38.1 Å². The second-order valence-electron chi connectivity index (χ2n) is 5.34. The average molecular weight is 296 g/mol. The van der Waals surface area contributed by atoms with Gasteiger partial charge in [0.25, 0.3) is 5.91 Å². The van der Waals surface area contributed by atoms with Crippen molar-refractivity contribution < 1.29 is 24.0 Å². The summed E-state index contributed by atoms with van der Waals surface area (Å²) in [5.74, 6) is -0.511. The van der Waals surface area contributed by atoms with Crippen LogP contribution in [0, 0.1) is 5.41 Å². The van der Waals surface area contributed by atoms with Crippen molar-refractivity contribution in [3.8, 4) is 0 Å². The highest BCUT2D eigenvalue weighted by molar-refractivity contribution is 5.92. The quantitative estimate of drug-likeness (QED) is 0.886. The number of hydrogen-bond acceptors (Lipinski definition) is 5. The number of carboxylic acids is 1. The molecular weight excluding hydrogens is 276 g/mol. The molecule has 0 saturated carbocycles. The Labute approximate surface area is 122 Å². The van der Waals surface area contributed by atoms with E-state index in [2.05, 4.69) is 5.16 Å². The van der Waals surface area contributed by atoms with Gasteiger partial charge >= 0.3 is 5.97 Å². The third-order valence-corrected chi connectivity index (χ3v) is 4.20. The van der Waals surface area contributed by atoms with Crippen molar-refractivity contribution in [3.63, 3.8) is 0 Å². The molecule has 0 spiro atoms. The van der Waals surface area contributed by atoms with Crippen molar-refractivity contribution in [2.75, 3.05) is 20.2 Å². The molecule has 21 heavy (non-hydrogen) atoms. The summed E-state index contributed by atoms with van der Waals surface area (Å²) < 4.78 is 9.91. The second-order valence-corrected chi connectivity index (χ2v) is 5.34. The summed E-state index contributed by atoms with van der Waals surface area (Å²) in [7, 11) is 1.53. The number of carboxylic acid groups (broad SMARTS) is 1. The van der Waals surface area contributed by atoms with Crippen LogP contribution >= 0.6 is 0 Å². The lowest BCUT2D eigenvalue weighted by molar-refractivity contribution is -0.152. The van der Waals surface area contributed by atoms with Gasteiger partial charge in [0.2, 0.25) is 0 Å². The van der Waals surface area contributed by atoms with Crippen LogP contribution in [-0.2, 0) is 16.1 Å². The Balaban J connectivity index is 2.01. The van der Waals surface area contributed by atoms with Gasteiger partial charge in [-0.1, -0.05) is 12.1 Å². The molecule has 1 saturated heterocycles. The number of aliphatic carboxylic acids is 1. The van der Waals surface area contributed by atoms with Crippen molar-refractivity contribution in [1.82, 2.24) is 10.1 Å². The maximum Gasteiger partial charge on any atom is 0.309 e. The molecule has 0 aromatic carbocycles. The molecule has 0 atom stereocenters. The fourth-order valence-electron chi connectivity index (χ4n) is 2.64. The van der Waals surface area contributed by atoms with Gasteiger partial charge in [0.15, 0.2) is 11.5 Å². The zero-order valence-corrected chi connectivity index (χ0v) is 12.3. The van der Waals surface area contributed by atoms with Crippen LogP contribution in [0.4, 0.5) is 0 Å². The van der Waals surface area contributed by atoms with E-state index in [1.807, 2.05) is 6.92 Å². The molecule has 0 radical (unpaired) electrons. The molecule has 1 aliphatic rings. The number of ether oxygens (including phenoxy) is 1. The molecule has 1 aliphatic heterocycles. The smallest absolute Gasteiger partial charge is 0.309 e. The molecule has 1 amide bonds. The monoisotopic (exact) mass is 296 g/mol. The number of methoxy groups -OCH3 is 1. The highest BCUT2D eigenvalue weighted by atomic mass is 16.5. The van der Waals surface area contributed by atoms with Gasteiger partial charge in [-0.05, 0) is 19.3 Å². The number of likely N-dealkylation sites (tertiary alicyclic amines) is 1. The Morgan fingerprint density at radius 1 is 1.48 bits per heavy atom. The van der Waals surface area contributed by atoms with Gasteiger partial charge in [0.05, 0.1) is 5.41 Å². The average Bonchev–Trinajstić information content (AvgIpc) is 2.95. The first kappa shape index (κ1) is 15.5. The van der Waals surface area contributed by atoms with Crippen molar-refractivity contribution in [1.29, 1.82) is 0 Å². The van der Waals surface area contributed by atoms with Crippen molar-refractivity contribution in [3.05, 3.63) is 17.5 Å². The van der Waals surface area contributed by atoms with Gasteiger partial charge in [0.1, 0.15) is 6.61 Å². The van der Waals surface area contributed by atoms with E-state index in [1.165, 1.54) is 7.11 Å². The van der Waals surface area contributed by atoms with E-state index in [1.54, 1.807) is 11.0 Å². The third-order valence-electron chi connectivity index (χ3n) is 4.20.